The van der Waals surface area contributed by atoms with Crippen LogP contribution in [0.4, 0.5) is 13.2 Å². The second kappa shape index (κ2) is 10.0. The number of carbonyl (C=O) groups excluding carboxylic acids is 1. The van der Waals surface area contributed by atoms with Crippen molar-refractivity contribution in [1.82, 2.24) is 14.7 Å². The van der Waals surface area contributed by atoms with Gasteiger partial charge in [-0.3, -0.25) is 14.8 Å². The molecule has 3 aromatic rings. The van der Waals surface area contributed by atoms with E-state index in [1.54, 1.807) is 33.0 Å². The lowest BCUT2D eigenvalue weighted by atomic mass is 9.97. The van der Waals surface area contributed by atoms with Gasteiger partial charge in [-0.1, -0.05) is 11.6 Å². The maximum Gasteiger partial charge on any atom is 0.417 e. The highest BCUT2D eigenvalue weighted by Crippen LogP contribution is 2.36. The smallest absolute Gasteiger partial charge is 0.361 e. The van der Waals surface area contributed by atoms with Crippen LogP contribution in [0.25, 0.3) is 0 Å². The predicted octanol–water partition coefficient (Wildman–Crippen LogP) is 4.93. The molecule has 1 unspecified atom stereocenters. The van der Waals surface area contributed by atoms with E-state index in [0.717, 1.165) is 12.1 Å². The van der Waals surface area contributed by atoms with Crippen LogP contribution in [-0.2, 0) is 20.9 Å². The second-order valence-corrected chi connectivity index (χ2v) is 9.87. The van der Waals surface area contributed by atoms with Gasteiger partial charge in [-0.05, 0) is 62.2 Å². The number of ether oxygens (including phenoxy) is 1. The normalized spacial score (nSPS) is 13.0. The Kier molecular flexibility index (Phi) is 7.65. The van der Waals surface area contributed by atoms with Crippen molar-refractivity contribution in [1.29, 1.82) is 0 Å². The molecule has 35 heavy (non-hydrogen) atoms. The number of hydrogen-bond donors (Lipinski definition) is 1. The number of alkyl halides is 3. The summed E-state index contributed by atoms with van der Waals surface area (Å²) in [4.78, 5) is 21.1. The fourth-order valence-electron chi connectivity index (χ4n) is 3.47. The van der Waals surface area contributed by atoms with E-state index in [1.807, 2.05) is 0 Å². The van der Waals surface area contributed by atoms with E-state index >= 15 is 0 Å². The van der Waals surface area contributed by atoms with Gasteiger partial charge in [0.1, 0.15) is 11.9 Å². The van der Waals surface area contributed by atoms with Crippen LogP contribution in [-0.4, -0.2) is 31.3 Å². The lowest BCUT2D eigenvalue weighted by molar-refractivity contribution is -0.137. The number of aryl methyl sites for hydroxylation is 3. The topological polar surface area (TPSA) is 98.2 Å². The highest BCUT2D eigenvalue weighted by atomic mass is 35.5. The molecule has 2 heterocycles. The number of hydrogen-bond acceptors (Lipinski definition) is 6. The minimum Gasteiger partial charge on any atom is -0.361 e. The van der Waals surface area contributed by atoms with Gasteiger partial charge in [0.15, 0.2) is 0 Å². The zero-order chi connectivity index (χ0) is 26.1. The summed E-state index contributed by atoms with van der Waals surface area (Å²) in [6, 6.07) is 5.39. The van der Waals surface area contributed by atoms with E-state index < -0.39 is 43.7 Å². The third kappa shape index (κ3) is 5.69. The number of aromatic nitrogens is 2. The standard InChI is InChI=1S/C23H21ClF3N3O4S/c1-12-9-16(20(29-11-12)21(31)19-13(2)7-8-28-14(19)3)22(34-4)30-35(32,33)15-5-6-18(24)17(10-15)23(25,26)27/h5-11,22,30H,1-4H3. The number of sulfonamides is 1. The zero-order valence-corrected chi connectivity index (χ0v) is 20.6. The highest BCUT2D eigenvalue weighted by molar-refractivity contribution is 7.89. The first kappa shape index (κ1) is 26.7. The molecule has 1 atom stereocenters. The number of carbonyl (C=O) groups is 1. The van der Waals surface area contributed by atoms with Crippen molar-refractivity contribution >= 4 is 27.4 Å². The van der Waals surface area contributed by atoms with Gasteiger partial charge in [0.2, 0.25) is 15.8 Å². The summed E-state index contributed by atoms with van der Waals surface area (Å²) in [6.45, 7) is 5.07. The quantitative estimate of drug-likeness (QED) is 0.345. The van der Waals surface area contributed by atoms with Gasteiger partial charge in [0.25, 0.3) is 0 Å². The fraction of sp³-hybridized carbons (Fsp3) is 0.261. The first-order valence-corrected chi connectivity index (χ1v) is 12.0. The van der Waals surface area contributed by atoms with E-state index in [9.17, 15) is 26.4 Å². The molecule has 12 heteroatoms. The number of rotatable bonds is 7. The van der Waals surface area contributed by atoms with Crippen LogP contribution in [0, 0.1) is 20.8 Å². The minimum absolute atomic E-state index is 0.0866. The van der Waals surface area contributed by atoms with Gasteiger partial charge < -0.3 is 4.74 Å². The van der Waals surface area contributed by atoms with Crippen molar-refractivity contribution in [3.8, 4) is 0 Å². The Morgan fingerprint density at radius 3 is 2.40 bits per heavy atom. The van der Waals surface area contributed by atoms with E-state index in [0.29, 0.717) is 28.5 Å². The van der Waals surface area contributed by atoms with Crippen LogP contribution in [0.1, 0.15) is 50.2 Å². The van der Waals surface area contributed by atoms with Crippen molar-refractivity contribution in [3.05, 3.63) is 87.0 Å². The monoisotopic (exact) mass is 527 g/mol. The van der Waals surface area contributed by atoms with E-state index in [-0.39, 0.29) is 11.3 Å². The molecule has 186 valence electrons. The molecule has 0 amide bonds. The van der Waals surface area contributed by atoms with Gasteiger partial charge in [-0.25, -0.2) is 8.42 Å². The molecule has 0 radical (unpaired) electrons. The molecule has 0 spiro atoms. The summed E-state index contributed by atoms with van der Waals surface area (Å²) in [5.41, 5.74) is 0.709. The van der Waals surface area contributed by atoms with Crippen LogP contribution in [0.2, 0.25) is 5.02 Å². The third-order valence-electron chi connectivity index (χ3n) is 5.18. The fourth-order valence-corrected chi connectivity index (χ4v) is 4.86. The molecular weight excluding hydrogens is 507 g/mol. The molecule has 2 aromatic heterocycles. The minimum atomic E-state index is -4.86. The van der Waals surface area contributed by atoms with Crippen LogP contribution in [0.3, 0.4) is 0 Å². The predicted molar refractivity (Wildman–Crippen MR) is 123 cm³/mol. The Labute approximate surface area is 205 Å². The lowest BCUT2D eigenvalue weighted by Gasteiger charge is -2.21. The largest absolute Gasteiger partial charge is 0.417 e. The molecule has 0 aliphatic carbocycles. The van der Waals surface area contributed by atoms with E-state index in [1.165, 1.54) is 19.4 Å². The summed E-state index contributed by atoms with van der Waals surface area (Å²) in [5, 5.41) is -0.641. The average molecular weight is 528 g/mol. The SMILES string of the molecule is COC(NS(=O)(=O)c1ccc(Cl)c(C(F)(F)F)c1)c1cc(C)cnc1C(=O)c1c(C)ccnc1C. The molecule has 0 aliphatic heterocycles. The van der Waals surface area contributed by atoms with Crippen LogP contribution >= 0.6 is 11.6 Å². The van der Waals surface area contributed by atoms with Gasteiger partial charge >= 0.3 is 6.18 Å². The first-order valence-electron chi connectivity index (χ1n) is 10.1. The van der Waals surface area contributed by atoms with Crippen molar-refractivity contribution in [2.24, 2.45) is 0 Å². The Morgan fingerprint density at radius 1 is 1.11 bits per heavy atom. The summed E-state index contributed by atoms with van der Waals surface area (Å²) >= 11 is 5.61. The first-order chi connectivity index (χ1) is 16.3. The summed E-state index contributed by atoms with van der Waals surface area (Å²) < 4.78 is 73.2. The number of nitrogens with one attached hydrogen (secondary N) is 1. The van der Waals surface area contributed by atoms with Crippen molar-refractivity contribution in [3.63, 3.8) is 0 Å². The molecule has 0 bridgehead atoms. The molecule has 3 rings (SSSR count). The summed E-state index contributed by atoms with van der Waals surface area (Å²) in [7, 11) is -3.35. The van der Waals surface area contributed by atoms with Gasteiger partial charge in [-0.2, -0.15) is 17.9 Å². The molecule has 0 saturated heterocycles. The number of pyridine rings is 2. The van der Waals surface area contributed by atoms with E-state index in [4.69, 9.17) is 16.3 Å². The van der Waals surface area contributed by atoms with Gasteiger partial charge in [0, 0.05) is 36.3 Å². The molecular formula is C23H21ClF3N3O4S. The van der Waals surface area contributed by atoms with Gasteiger partial charge in [-0.15, -0.1) is 0 Å². The lowest BCUT2D eigenvalue weighted by Crippen LogP contribution is -2.31. The van der Waals surface area contributed by atoms with Crippen molar-refractivity contribution in [2.45, 2.75) is 38.1 Å². The molecule has 0 aliphatic rings. The molecule has 1 aromatic carbocycles. The molecule has 0 saturated carbocycles. The average Bonchev–Trinajstić information content (AvgIpc) is 2.76. The molecule has 0 fully saturated rings. The third-order valence-corrected chi connectivity index (χ3v) is 6.91. The highest BCUT2D eigenvalue weighted by Gasteiger charge is 2.35. The summed E-state index contributed by atoms with van der Waals surface area (Å²) in [5.74, 6) is -0.504. The second-order valence-electron chi connectivity index (χ2n) is 7.74. The molecule has 7 nitrogen and oxygen atoms in total. The number of benzene rings is 1. The van der Waals surface area contributed by atoms with Crippen LogP contribution in [0.15, 0.2) is 47.6 Å². The Bertz CT molecular complexity index is 1370. The maximum atomic E-state index is 13.4. The van der Waals surface area contributed by atoms with Crippen molar-refractivity contribution in [2.75, 3.05) is 7.11 Å². The van der Waals surface area contributed by atoms with E-state index in [2.05, 4.69) is 14.7 Å². The Balaban J connectivity index is 2.07. The van der Waals surface area contributed by atoms with Crippen LogP contribution in [0.5, 0.6) is 0 Å². The zero-order valence-electron chi connectivity index (χ0n) is 19.1. The number of halogens is 4. The summed E-state index contributed by atoms with van der Waals surface area (Å²) in [6.07, 6.45) is -3.30. The number of methoxy groups -OCH3 is 1. The number of ketones is 1. The van der Waals surface area contributed by atoms with Crippen molar-refractivity contribution < 1.29 is 31.1 Å². The van der Waals surface area contributed by atoms with Gasteiger partial charge in [0.05, 0.1) is 15.5 Å². The Hall–Kier alpha value is -2.86. The number of nitrogens with zero attached hydrogens (tertiary/aromatic N) is 2. The maximum absolute atomic E-state index is 13.4. The van der Waals surface area contributed by atoms with Crippen LogP contribution < -0.4 is 4.72 Å². The molecule has 1 N–H and O–H groups in total. The Morgan fingerprint density at radius 2 is 1.80 bits per heavy atom.